The van der Waals surface area contributed by atoms with Crippen molar-refractivity contribution in [3.63, 3.8) is 0 Å². The number of hydrogen-bond acceptors (Lipinski definition) is 6. The van der Waals surface area contributed by atoms with Gasteiger partial charge in [0.1, 0.15) is 5.82 Å². The molecule has 5 aromatic carbocycles. The zero-order valence-corrected chi connectivity index (χ0v) is 33.9. The van der Waals surface area contributed by atoms with Gasteiger partial charge in [-0.3, -0.25) is 9.59 Å². The Bertz CT molecular complexity index is 1930. The minimum absolute atomic E-state index is 0.152. The highest BCUT2D eigenvalue weighted by atomic mass is 19.1. The fourth-order valence-corrected chi connectivity index (χ4v) is 5.43. The van der Waals surface area contributed by atoms with Crippen LogP contribution < -0.4 is 0 Å². The van der Waals surface area contributed by atoms with Gasteiger partial charge in [0, 0.05) is 12.2 Å². The van der Waals surface area contributed by atoms with E-state index in [9.17, 15) is 19.1 Å². The van der Waals surface area contributed by atoms with Crippen LogP contribution in [0.2, 0.25) is 0 Å². The second-order valence-corrected chi connectivity index (χ2v) is 14.1. The fraction of sp³-hybridized carbons (Fsp3) is 0.333. The van der Waals surface area contributed by atoms with Crippen LogP contribution in [0.4, 0.5) is 4.39 Å². The van der Waals surface area contributed by atoms with Gasteiger partial charge in [-0.15, -0.1) is 0 Å². The molecule has 1 fully saturated rings. The lowest BCUT2D eigenvalue weighted by Crippen LogP contribution is -2.07. The summed E-state index contributed by atoms with van der Waals surface area (Å²) in [5, 5.41) is 46.8. The highest BCUT2D eigenvalue weighted by Gasteiger charge is 2.16. The normalized spacial score (nSPS) is 14.9. The molecule has 1 heterocycles. The SMILES string of the molecule is CC(C(=O)O)c1ccc(-c2ccccc2)c(F)c1.CC(C(=O)O)c1ccccc1.CC(C)=CCCC(C)O.CC(O)c1cccc2ccccc12.OC1CCOC1. The van der Waals surface area contributed by atoms with Crippen molar-refractivity contribution in [2.24, 2.45) is 0 Å². The van der Waals surface area contributed by atoms with Gasteiger partial charge in [0.2, 0.25) is 0 Å². The van der Waals surface area contributed by atoms with Crippen LogP contribution in [0.15, 0.2) is 133 Å². The van der Waals surface area contributed by atoms with E-state index in [2.05, 4.69) is 32.1 Å². The maximum Gasteiger partial charge on any atom is 0.310 e. The fourth-order valence-electron chi connectivity index (χ4n) is 5.43. The number of rotatable bonds is 9. The summed E-state index contributed by atoms with van der Waals surface area (Å²) in [4.78, 5) is 21.3. The molecule has 0 spiro atoms. The predicted octanol–water partition coefficient (Wildman–Crippen LogP) is 10.3. The zero-order valence-electron chi connectivity index (χ0n) is 33.9. The predicted molar refractivity (Wildman–Crippen MR) is 227 cm³/mol. The van der Waals surface area contributed by atoms with Crippen molar-refractivity contribution >= 4 is 22.7 Å². The minimum atomic E-state index is -0.957. The zero-order chi connectivity index (χ0) is 42.3. The summed E-state index contributed by atoms with van der Waals surface area (Å²) < 4.78 is 18.8. The van der Waals surface area contributed by atoms with E-state index < -0.39 is 35.7 Å². The second kappa shape index (κ2) is 25.9. The summed E-state index contributed by atoms with van der Waals surface area (Å²) in [6, 6.07) is 37.0. The number of aliphatic carboxylic acids is 2. The number of carbonyl (C=O) groups is 2. The van der Waals surface area contributed by atoms with Crippen LogP contribution in [0.25, 0.3) is 21.9 Å². The molecule has 6 rings (SSSR count). The van der Waals surface area contributed by atoms with Gasteiger partial charge in [-0.25, -0.2) is 4.39 Å². The molecule has 0 amide bonds. The van der Waals surface area contributed by atoms with Gasteiger partial charge in [0.25, 0.3) is 0 Å². The molecule has 0 bridgehead atoms. The number of benzene rings is 5. The van der Waals surface area contributed by atoms with E-state index in [1.165, 1.54) is 17.0 Å². The molecular weight excluding hydrogens is 724 g/mol. The Morgan fingerprint density at radius 1 is 0.754 bits per heavy atom. The van der Waals surface area contributed by atoms with Crippen LogP contribution in [0.3, 0.4) is 0 Å². The van der Waals surface area contributed by atoms with E-state index in [1.54, 1.807) is 32.9 Å². The van der Waals surface area contributed by atoms with Gasteiger partial charge in [0.05, 0.1) is 36.8 Å². The number of hydrogen-bond donors (Lipinski definition) is 5. The number of halogens is 1. The summed E-state index contributed by atoms with van der Waals surface area (Å²) >= 11 is 0. The first-order chi connectivity index (χ1) is 27.1. The number of ether oxygens (including phenoxy) is 1. The first kappa shape index (κ1) is 48.0. The largest absolute Gasteiger partial charge is 0.481 e. The molecule has 1 aliphatic rings. The Balaban J connectivity index is 0.000000257. The third-order valence-electron chi connectivity index (χ3n) is 8.93. The molecule has 5 aromatic rings. The lowest BCUT2D eigenvalue weighted by molar-refractivity contribution is -0.139. The molecule has 306 valence electrons. The first-order valence-electron chi connectivity index (χ1n) is 19.2. The van der Waals surface area contributed by atoms with Crippen LogP contribution in [0.5, 0.6) is 0 Å². The lowest BCUT2D eigenvalue weighted by atomic mass is 9.97. The van der Waals surface area contributed by atoms with Crippen LogP contribution in [-0.4, -0.2) is 62.9 Å². The summed E-state index contributed by atoms with van der Waals surface area (Å²) in [6.07, 6.45) is 4.12. The molecule has 57 heavy (non-hydrogen) atoms. The number of aliphatic hydroxyl groups is 3. The van der Waals surface area contributed by atoms with E-state index >= 15 is 0 Å². The second-order valence-electron chi connectivity index (χ2n) is 14.1. The number of carboxylic acid groups (broad SMARTS) is 2. The van der Waals surface area contributed by atoms with Gasteiger partial charge in [-0.05, 0) is 99.9 Å². The summed E-state index contributed by atoms with van der Waals surface area (Å²) in [7, 11) is 0. The van der Waals surface area contributed by atoms with Crippen molar-refractivity contribution < 1.29 is 44.2 Å². The third-order valence-corrected chi connectivity index (χ3v) is 8.93. The topological polar surface area (TPSA) is 145 Å². The molecule has 5 unspecified atom stereocenters. The van der Waals surface area contributed by atoms with E-state index in [1.807, 2.05) is 97.9 Å². The van der Waals surface area contributed by atoms with Gasteiger partial charge >= 0.3 is 11.9 Å². The van der Waals surface area contributed by atoms with Crippen molar-refractivity contribution in [3.05, 3.63) is 155 Å². The number of fused-ring (bicyclic) bond motifs is 1. The smallest absolute Gasteiger partial charge is 0.310 e. The Labute approximate surface area is 336 Å². The van der Waals surface area contributed by atoms with Crippen molar-refractivity contribution in [1.29, 1.82) is 0 Å². The molecular formula is C48H59FO8. The molecule has 5 N–H and O–H groups in total. The average molecular weight is 783 g/mol. The Morgan fingerprint density at radius 3 is 1.81 bits per heavy atom. The van der Waals surface area contributed by atoms with Crippen LogP contribution in [-0.2, 0) is 14.3 Å². The summed E-state index contributed by atoms with van der Waals surface area (Å²) in [5.74, 6) is -3.25. The molecule has 8 nitrogen and oxygen atoms in total. The van der Waals surface area contributed by atoms with Gasteiger partial charge < -0.3 is 30.3 Å². The van der Waals surface area contributed by atoms with Crippen molar-refractivity contribution in [1.82, 2.24) is 0 Å². The van der Waals surface area contributed by atoms with E-state index in [4.69, 9.17) is 25.2 Å². The number of carboxylic acids is 2. The highest BCUT2D eigenvalue weighted by molar-refractivity contribution is 5.86. The van der Waals surface area contributed by atoms with E-state index in [0.717, 1.165) is 47.9 Å². The third kappa shape index (κ3) is 18.1. The monoisotopic (exact) mass is 782 g/mol. The lowest BCUT2D eigenvalue weighted by Gasteiger charge is -2.09. The first-order valence-corrected chi connectivity index (χ1v) is 19.2. The van der Waals surface area contributed by atoms with Crippen LogP contribution in [0, 0.1) is 5.82 Å². The molecule has 9 heteroatoms. The maximum absolute atomic E-state index is 14.0. The molecule has 0 saturated carbocycles. The van der Waals surface area contributed by atoms with Gasteiger partial charge in [-0.1, -0.05) is 127 Å². The van der Waals surface area contributed by atoms with E-state index in [0.29, 0.717) is 17.7 Å². The van der Waals surface area contributed by atoms with Crippen molar-refractivity contribution in [3.8, 4) is 11.1 Å². The molecule has 1 aliphatic heterocycles. The average Bonchev–Trinajstić information content (AvgIpc) is 3.69. The number of allylic oxidation sites excluding steroid dienone is 2. The standard InChI is InChI=1S/C15H13FO2.C12H12O.C9H10O2.C8H16O.C4H8O2/c1-10(15(17)18)12-7-8-13(14(16)9-12)11-5-3-2-4-6-11;1-9(13)11-8-4-6-10-5-2-3-7-12(10)11;1-7(9(10)11)8-5-3-2-4-6-8;1-7(2)5-4-6-8(3)9;5-4-1-2-6-3-4/h2-10H,1H3,(H,17,18);2-9,13H,1H3;2-7H,1H3,(H,10,11);5,8-9H,4,6H2,1-3H3;4-5H,1-3H2. The summed E-state index contributed by atoms with van der Waals surface area (Å²) in [5.41, 5.74) is 4.91. The molecule has 0 aliphatic carbocycles. The Kier molecular flexibility index (Phi) is 21.8. The number of aliphatic hydroxyl groups excluding tert-OH is 3. The molecule has 0 radical (unpaired) electrons. The Hall–Kier alpha value is -5.19. The Morgan fingerprint density at radius 2 is 1.32 bits per heavy atom. The molecule has 1 saturated heterocycles. The molecule has 5 atom stereocenters. The minimum Gasteiger partial charge on any atom is -0.481 e. The van der Waals surface area contributed by atoms with Crippen molar-refractivity contribution in [2.45, 2.75) is 91.0 Å². The maximum atomic E-state index is 14.0. The van der Waals surface area contributed by atoms with Crippen molar-refractivity contribution in [2.75, 3.05) is 13.2 Å². The van der Waals surface area contributed by atoms with Gasteiger partial charge in [0.15, 0.2) is 0 Å². The quantitative estimate of drug-likeness (QED) is 0.0930. The highest BCUT2D eigenvalue weighted by Crippen LogP contribution is 2.26. The van der Waals surface area contributed by atoms with Crippen LogP contribution >= 0.6 is 0 Å². The van der Waals surface area contributed by atoms with E-state index in [-0.39, 0.29) is 12.2 Å². The molecule has 0 aromatic heterocycles. The van der Waals surface area contributed by atoms with Crippen LogP contribution in [0.1, 0.15) is 95.4 Å². The van der Waals surface area contributed by atoms with Gasteiger partial charge in [-0.2, -0.15) is 0 Å². The summed E-state index contributed by atoms with van der Waals surface area (Å²) in [6.45, 7) is 12.3.